The van der Waals surface area contributed by atoms with Crippen molar-refractivity contribution in [1.29, 1.82) is 0 Å². The first-order chi connectivity index (χ1) is 8.22. The Morgan fingerprint density at radius 2 is 1.76 bits per heavy atom. The quantitative estimate of drug-likeness (QED) is 0.612. The second kappa shape index (κ2) is 8.06. The second-order valence-electron chi connectivity index (χ2n) is 4.86. The van der Waals surface area contributed by atoms with E-state index in [1.165, 1.54) is 19.3 Å². The Morgan fingerprint density at radius 3 is 2.29 bits per heavy atom. The van der Waals surface area contributed by atoms with Crippen molar-refractivity contribution >= 4 is 0 Å². The Hall–Kier alpha value is -0.120. The standard InChI is InChI=1S/C14H29NO2/c1-5-13-9-8-12(4)15(13)11-10-14(16-6-2)17-7-3/h12-14H,5-11H2,1-4H3. The predicted octanol–water partition coefficient (Wildman–Crippen LogP) is 3.04. The van der Waals surface area contributed by atoms with Gasteiger partial charge in [-0.05, 0) is 40.0 Å². The molecule has 2 atom stereocenters. The van der Waals surface area contributed by atoms with Crippen LogP contribution in [0.5, 0.6) is 0 Å². The van der Waals surface area contributed by atoms with Gasteiger partial charge in [-0.15, -0.1) is 0 Å². The molecule has 3 nitrogen and oxygen atoms in total. The molecule has 0 bridgehead atoms. The summed E-state index contributed by atoms with van der Waals surface area (Å²) in [7, 11) is 0. The number of ether oxygens (including phenoxy) is 2. The average Bonchev–Trinajstić information content (AvgIpc) is 2.67. The number of hydrogen-bond acceptors (Lipinski definition) is 3. The average molecular weight is 243 g/mol. The van der Waals surface area contributed by atoms with Gasteiger partial charge in [0, 0.05) is 38.3 Å². The van der Waals surface area contributed by atoms with Crippen LogP contribution in [0.3, 0.4) is 0 Å². The van der Waals surface area contributed by atoms with Crippen LogP contribution in [0.15, 0.2) is 0 Å². The molecule has 1 aliphatic heterocycles. The summed E-state index contributed by atoms with van der Waals surface area (Å²) in [6.07, 6.45) is 4.93. The minimum atomic E-state index is -0.0182. The summed E-state index contributed by atoms with van der Waals surface area (Å²) in [5, 5.41) is 0. The summed E-state index contributed by atoms with van der Waals surface area (Å²) in [6.45, 7) is 11.3. The Bertz CT molecular complexity index is 193. The molecule has 0 N–H and O–H groups in total. The number of hydrogen-bond donors (Lipinski definition) is 0. The fraction of sp³-hybridized carbons (Fsp3) is 1.00. The number of rotatable bonds is 8. The Balaban J connectivity index is 2.35. The molecule has 0 saturated carbocycles. The van der Waals surface area contributed by atoms with Gasteiger partial charge in [-0.1, -0.05) is 6.92 Å². The lowest BCUT2D eigenvalue weighted by molar-refractivity contribution is -0.142. The molecule has 1 saturated heterocycles. The van der Waals surface area contributed by atoms with Crippen molar-refractivity contribution in [3.8, 4) is 0 Å². The van der Waals surface area contributed by atoms with E-state index in [0.717, 1.165) is 38.3 Å². The molecular weight excluding hydrogens is 214 g/mol. The molecule has 0 aromatic heterocycles. The predicted molar refractivity (Wildman–Crippen MR) is 71.1 cm³/mol. The van der Waals surface area contributed by atoms with E-state index >= 15 is 0 Å². The summed E-state index contributed by atoms with van der Waals surface area (Å²) in [5.74, 6) is 0. The topological polar surface area (TPSA) is 21.7 Å². The molecule has 0 amide bonds. The number of likely N-dealkylation sites (tertiary alicyclic amines) is 1. The van der Waals surface area contributed by atoms with Crippen LogP contribution in [-0.2, 0) is 9.47 Å². The van der Waals surface area contributed by atoms with Crippen molar-refractivity contribution in [1.82, 2.24) is 4.90 Å². The second-order valence-corrected chi connectivity index (χ2v) is 4.86. The van der Waals surface area contributed by atoms with E-state index in [4.69, 9.17) is 9.47 Å². The van der Waals surface area contributed by atoms with Crippen molar-refractivity contribution in [2.75, 3.05) is 19.8 Å². The van der Waals surface area contributed by atoms with Gasteiger partial charge in [0.1, 0.15) is 0 Å². The number of nitrogens with zero attached hydrogens (tertiary/aromatic N) is 1. The molecule has 1 aliphatic rings. The summed E-state index contributed by atoms with van der Waals surface area (Å²) in [5.41, 5.74) is 0. The van der Waals surface area contributed by atoms with Crippen LogP contribution in [0.1, 0.15) is 53.4 Å². The van der Waals surface area contributed by atoms with E-state index in [-0.39, 0.29) is 6.29 Å². The molecule has 0 aliphatic carbocycles. The lowest BCUT2D eigenvalue weighted by Crippen LogP contribution is -2.37. The fourth-order valence-electron chi connectivity index (χ4n) is 2.81. The van der Waals surface area contributed by atoms with Crippen molar-refractivity contribution < 1.29 is 9.47 Å². The van der Waals surface area contributed by atoms with E-state index in [1.54, 1.807) is 0 Å². The van der Waals surface area contributed by atoms with Gasteiger partial charge in [-0.3, -0.25) is 4.90 Å². The minimum Gasteiger partial charge on any atom is -0.353 e. The lowest BCUT2D eigenvalue weighted by Gasteiger charge is -2.29. The highest BCUT2D eigenvalue weighted by molar-refractivity contribution is 4.84. The Labute approximate surface area is 106 Å². The molecule has 1 rings (SSSR count). The van der Waals surface area contributed by atoms with E-state index in [1.807, 2.05) is 13.8 Å². The monoisotopic (exact) mass is 243 g/mol. The summed E-state index contributed by atoms with van der Waals surface area (Å²) >= 11 is 0. The van der Waals surface area contributed by atoms with Crippen LogP contribution in [0.2, 0.25) is 0 Å². The van der Waals surface area contributed by atoms with Gasteiger partial charge in [0.25, 0.3) is 0 Å². The third-order valence-electron chi connectivity index (χ3n) is 3.75. The van der Waals surface area contributed by atoms with Crippen LogP contribution in [0.25, 0.3) is 0 Å². The van der Waals surface area contributed by atoms with Gasteiger partial charge < -0.3 is 9.47 Å². The molecule has 0 spiro atoms. The van der Waals surface area contributed by atoms with Crippen molar-refractivity contribution in [2.45, 2.75) is 71.8 Å². The summed E-state index contributed by atoms with van der Waals surface area (Å²) in [6, 6.07) is 1.50. The van der Waals surface area contributed by atoms with Crippen LogP contribution in [0, 0.1) is 0 Å². The van der Waals surface area contributed by atoms with Gasteiger partial charge in [-0.25, -0.2) is 0 Å². The van der Waals surface area contributed by atoms with Crippen molar-refractivity contribution in [2.24, 2.45) is 0 Å². The van der Waals surface area contributed by atoms with Crippen LogP contribution < -0.4 is 0 Å². The zero-order chi connectivity index (χ0) is 12.7. The molecule has 17 heavy (non-hydrogen) atoms. The molecule has 0 radical (unpaired) electrons. The van der Waals surface area contributed by atoms with E-state index in [9.17, 15) is 0 Å². The largest absolute Gasteiger partial charge is 0.353 e. The zero-order valence-electron chi connectivity index (χ0n) is 11.9. The Morgan fingerprint density at radius 1 is 1.12 bits per heavy atom. The van der Waals surface area contributed by atoms with Gasteiger partial charge in [0.05, 0.1) is 0 Å². The maximum Gasteiger partial charge on any atom is 0.158 e. The molecule has 2 unspecified atom stereocenters. The Kier molecular flexibility index (Phi) is 7.09. The third kappa shape index (κ3) is 4.57. The van der Waals surface area contributed by atoms with E-state index in [2.05, 4.69) is 18.7 Å². The first-order valence-corrected chi connectivity index (χ1v) is 7.21. The van der Waals surface area contributed by atoms with Gasteiger partial charge in [-0.2, -0.15) is 0 Å². The summed E-state index contributed by atoms with van der Waals surface area (Å²) < 4.78 is 11.2. The molecule has 3 heteroatoms. The van der Waals surface area contributed by atoms with E-state index in [0.29, 0.717) is 0 Å². The van der Waals surface area contributed by atoms with Crippen molar-refractivity contribution in [3.05, 3.63) is 0 Å². The molecule has 1 fully saturated rings. The first-order valence-electron chi connectivity index (χ1n) is 7.21. The minimum absolute atomic E-state index is 0.0182. The van der Waals surface area contributed by atoms with Crippen molar-refractivity contribution in [3.63, 3.8) is 0 Å². The summed E-state index contributed by atoms with van der Waals surface area (Å²) in [4.78, 5) is 2.63. The molecular formula is C14H29NO2. The van der Waals surface area contributed by atoms with Gasteiger partial charge in [0.15, 0.2) is 6.29 Å². The highest BCUT2D eigenvalue weighted by Crippen LogP contribution is 2.26. The lowest BCUT2D eigenvalue weighted by atomic mass is 10.1. The third-order valence-corrected chi connectivity index (χ3v) is 3.75. The SMILES string of the molecule is CCOC(CCN1C(C)CCC1CC)OCC. The van der Waals surface area contributed by atoms with Crippen LogP contribution >= 0.6 is 0 Å². The van der Waals surface area contributed by atoms with Gasteiger partial charge in [0.2, 0.25) is 0 Å². The zero-order valence-corrected chi connectivity index (χ0v) is 11.9. The molecule has 0 aromatic rings. The fourth-order valence-corrected chi connectivity index (χ4v) is 2.81. The van der Waals surface area contributed by atoms with Gasteiger partial charge >= 0.3 is 0 Å². The molecule has 0 aromatic carbocycles. The normalized spacial score (nSPS) is 25.9. The molecule has 102 valence electrons. The maximum absolute atomic E-state index is 5.60. The smallest absolute Gasteiger partial charge is 0.158 e. The first kappa shape index (κ1) is 14.9. The maximum atomic E-state index is 5.60. The van der Waals surface area contributed by atoms with E-state index < -0.39 is 0 Å². The highest BCUT2D eigenvalue weighted by Gasteiger charge is 2.29. The molecule has 1 heterocycles. The van der Waals surface area contributed by atoms with Crippen LogP contribution in [-0.4, -0.2) is 43.0 Å². The highest BCUT2D eigenvalue weighted by atomic mass is 16.7. The van der Waals surface area contributed by atoms with Crippen LogP contribution in [0.4, 0.5) is 0 Å².